The van der Waals surface area contributed by atoms with Crippen LogP contribution in [0.3, 0.4) is 0 Å². The lowest BCUT2D eigenvalue weighted by atomic mass is 10.1. The van der Waals surface area contributed by atoms with Crippen molar-refractivity contribution in [3.05, 3.63) is 18.3 Å². The van der Waals surface area contributed by atoms with Gasteiger partial charge in [-0.25, -0.2) is 4.98 Å². The van der Waals surface area contributed by atoms with E-state index in [9.17, 15) is 9.59 Å². The molecular weight excluding hydrogens is 256 g/mol. The zero-order valence-corrected chi connectivity index (χ0v) is 10.7. The normalized spacial score (nSPS) is 18.4. The molecule has 1 unspecified atom stereocenters. The number of pyridine rings is 1. The van der Waals surface area contributed by atoms with E-state index >= 15 is 0 Å². The molecule has 0 radical (unpaired) electrons. The Morgan fingerprint density at radius 1 is 1.56 bits per heavy atom. The molecule has 3 N–H and O–H groups in total. The highest BCUT2D eigenvalue weighted by Gasteiger charge is 2.32. The molecule has 1 aliphatic heterocycles. The van der Waals surface area contributed by atoms with E-state index in [0.29, 0.717) is 18.1 Å². The van der Waals surface area contributed by atoms with Crippen molar-refractivity contribution in [3.63, 3.8) is 0 Å². The van der Waals surface area contributed by atoms with Crippen LogP contribution in [-0.2, 0) is 9.59 Å². The fraction of sp³-hybridized carbons (Fsp3) is 0.364. The predicted octanol–water partition coefficient (Wildman–Crippen LogP) is 0.502. The molecule has 2 rings (SSSR count). The van der Waals surface area contributed by atoms with Crippen LogP contribution in [0.15, 0.2) is 18.3 Å². The third-order valence-electron chi connectivity index (χ3n) is 2.77. The number of anilines is 2. The van der Waals surface area contributed by atoms with Gasteiger partial charge in [0.2, 0.25) is 11.8 Å². The average molecular weight is 271 g/mol. The first-order valence-electron chi connectivity index (χ1n) is 5.32. The number of nitrogens with two attached hydrogens (primary N) is 1. The maximum absolute atomic E-state index is 11.8. The Kier molecular flexibility index (Phi) is 4.49. The minimum absolute atomic E-state index is 0. The molecule has 1 aromatic heterocycles. The van der Waals surface area contributed by atoms with Gasteiger partial charge in [0.25, 0.3) is 0 Å². The number of aromatic nitrogens is 1. The highest BCUT2D eigenvalue weighted by Crippen LogP contribution is 2.18. The molecule has 98 valence electrons. The van der Waals surface area contributed by atoms with Crippen molar-refractivity contribution in [1.29, 1.82) is 0 Å². The minimum Gasteiger partial charge on any atom is -0.384 e. The number of nitrogens with one attached hydrogen (secondary N) is 1. The predicted molar refractivity (Wildman–Crippen MR) is 70.3 cm³/mol. The molecule has 0 aromatic carbocycles. The van der Waals surface area contributed by atoms with E-state index < -0.39 is 0 Å². The van der Waals surface area contributed by atoms with Crippen LogP contribution >= 0.6 is 12.4 Å². The highest BCUT2D eigenvalue weighted by molar-refractivity contribution is 5.97. The average Bonchev–Trinajstić information content (AvgIpc) is 2.63. The molecule has 1 aromatic rings. The number of carbonyl (C=O) groups excluding carboxylic acids is 2. The van der Waals surface area contributed by atoms with Gasteiger partial charge in [-0.3, -0.25) is 9.59 Å². The second-order valence-corrected chi connectivity index (χ2v) is 4.14. The fourth-order valence-corrected chi connectivity index (χ4v) is 1.76. The molecule has 1 saturated heterocycles. The molecule has 0 saturated carbocycles. The molecule has 7 heteroatoms. The van der Waals surface area contributed by atoms with Gasteiger partial charge in [0.15, 0.2) is 0 Å². The number of likely N-dealkylation sites (tertiary alicyclic amines) is 1. The van der Waals surface area contributed by atoms with Crippen molar-refractivity contribution >= 4 is 35.7 Å². The summed E-state index contributed by atoms with van der Waals surface area (Å²) in [6.07, 6.45) is 1.76. The summed E-state index contributed by atoms with van der Waals surface area (Å²) >= 11 is 0. The van der Waals surface area contributed by atoms with Gasteiger partial charge in [-0.15, -0.1) is 12.4 Å². The van der Waals surface area contributed by atoms with Gasteiger partial charge < -0.3 is 16.0 Å². The van der Waals surface area contributed by atoms with Crippen LogP contribution in [0, 0.1) is 5.92 Å². The van der Waals surface area contributed by atoms with Crippen molar-refractivity contribution in [2.24, 2.45) is 5.92 Å². The van der Waals surface area contributed by atoms with E-state index in [1.165, 1.54) is 6.20 Å². The maximum Gasteiger partial charge on any atom is 0.229 e. The van der Waals surface area contributed by atoms with Gasteiger partial charge in [-0.1, -0.05) is 0 Å². The van der Waals surface area contributed by atoms with Crippen LogP contribution < -0.4 is 11.1 Å². The molecule has 1 fully saturated rings. The maximum atomic E-state index is 11.8. The Hall–Kier alpha value is -1.82. The molecule has 1 atom stereocenters. The number of hydrogen-bond donors (Lipinski definition) is 2. The molecule has 6 nitrogen and oxygen atoms in total. The van der Waals surface area contributed by atoms with E-state index in [2.05, 4.69) is 10.3 Å². The Morgan fingerprint density at radius 2 is 2.28 bits per heavy atom. The molecule has 0 bridgehead atoms. The quantitative estimate of drug-likeness (QED) is 0.819. The molecule has 0 aliphatic carbocycles. The number of carbonyl (C=O) groups is 2. The Labute approximate surface area is 111 Å². The fourth-order valence-electron chi connectivity index (χ4n) is 1.76. The van der Waals surface area contributed by atoms with Gasteiger partial charge >= 0.3 is 0 Å². The zero-order valence-electron chi connectivity index (χ0n) is 9.92. The van der Waals surface area contributed by atoms with E-state index in [1.807, 2.05) is 0 Å². The van der Waals surface area contributed by atoms with Crippen LogP contribution in [0.25, 0.3) is 0 Å². The van der Waals surface area contributed by atoms with Crippen molar-refractivity contribution in [3.8, 4) is 0 Å². The standard InChI is InChI=1S/C11H14N4O2.ClH/c1-15-6-7(4-10(15)16)11(17)14-8-2-3-9(12)13-5-8;/h2-3,5,7H,4,6H2,1H3,(H2,12,13)(H,14,17);1H. The summed E-state index contributed by atoms with van der Waals surface area (Å²) < 4.78 is 0. The van der Waals surface area contributed by atoms with Crippen molar-refractivity contribution in [2.75, 3.05) is 24.6 Å². The highest BCUT2D eigenvalue weighted by atomic mass is 35.5. The van der Waals surface area contributed by atoms with Gasteiger partial charge in [-0.2, -0.15) is 0 Å². The second-order valence-electron chi connectivity index (χ2n) is 4.14. The van der Waals surface area contributed by atoms with Crippen molar-refractivity contribution in [1.82, 2.24) is 9.88 Å². The van der Waals surface area contributed by atoms with Gasteiger partial charge in [0.1, 0.15) is 5.82 Å². The van der Waals surface area contributed by atoms with E-state index in [0.717, 1.165) is 0 Å². The third kappa shape index (κ3) is 3.10. The van der Waals surface area contributed by atoms with Gasteiger partial charge in [-0.05, 0) is 12.1 Å². The summed E-state index contributed by atoms with van der Waals surface area (Å²) in [5, 5.41) is 2.72. The van der Waals surface area contributed by atoms with E-state index in [4.69, 9.17) is 5.73 Å². The largest absolute Gasteiger partial charge is 0.384 e. The van der Waals surface area contributed by atoms with E-state index in [1.54, 1.807) is 24.1 Å². The second kappa shape index (κ2) is 5.68. The summed E-state index contributed by atoms with van der Waals surface area (Å²) in [4.78, 5) is 28.6. The Bertz CT molecular complexity index is 449. The third-order valence-corrected chi connectivity index (χ3v) is 2.77. The lowest BCUT2D eigenvalue weighted by molar-refractivity contribution is -0.127. The lowest BCUT2D eigenvalue weighted by Crippen LogP contribution is -2.25. The Balaban J connectivity index is 0.00000162. The Morgan fingerprint density at radius 3 is 2.78 bits per heavy atom. The first kappa shape index (κ1) is 14.2. The number of rotatable bonds is 2. The number of nitrogens with zero attached hydrogens (tertiary/aromatic N) is 2. The smallest absolute Gasteiger partial charge is 0.229 e. The molecule has 0 spiro atoms. The zero-order chi connectivity index (χ0) is 12.4. The summed E-state index contributed by atoms with van der Waals surface area (Å²) in [7, 11) is 1.69. The molecular formula is C11H15ClN4O2. The summed E-state index contributed by atoms with van der Waals surface area (Å²) in [5.41, 5.74) is 6.03. The topological polar surface area (TPSA) is 88.3 Å². The SMILES string of the molecule is CN1CC(C(=O)Nc2ccc(N)nc2)CC1=O.Cl. The van der Waals surface area contributed by atoms with Gasteiger partial charge in [0.05, 0.1) is 17.8 Å². The first-order chi connectivity index (χ1) is 8.06. The molecule has 2 amide bonds. The number of amides is 2. The van der Waals surface area contributed by atoms with Crippen LogP contribution in [0.1, 0.15) is 6.42 Å². The van der Waals surface area contributed by atoms with E-state index in [-0.39, 0.29) is 36.6 Å². The first-order valence-corrected chi connectivity index (χ1v) is 5.32. The minimum atomic E-state index is -0.287. The summed E-state index contributed by atoms with van der Waals surface area (Å²) in [6.45, 7) is 0.465. The van der Waals surface area contributed by atoms with Crippen LogP contribution in [0.4, 0.5) is 11.5 Å². The number of hydrogen-bond acceptors (Lipinski definition) is 4. The van der Waals surface area contributed by atoms with Crippen LogP contribution in [0.2, 0.25) is 0 Å². The van der Waals surface area contributed by atoms with Crippen molar-refractivity contribution in [2.45, 2.75) is 6.42 Å². The monoisotopic (exact) mass is 270 g/mol. The molecule has 1 aliphatic rings. The van der Waals surface area contributed by atoms with Crippen LogP contribution in [0.5, 0.6) is 0 Å². The van der Waals surface area contributed by atoms with Crippen molar-refractivity contribution < 1.29 is 9.59 Å². The van der Waals surface area contributed by atoms with Gasteiger partial charge in [0, 0.05) is 20.0 Å². The lowest BCUT2D eigenvalue weighted by Gasteiger charge is -2.10. The summed E-state index contributed by atoms with van der Waals surface area (Å²) in [5.74, 6) is -0.0429. The summed E-state index contributed by atoms with van der Waals surface area (Å²) in [6, 6.07) is 3.29. The number of halogens is 1. The number of nitrogen functional groups attached to an aromatic ring is 1. The molecule has 2 heterocycles. The van der Waals surface area contributed by atoms with Crippen LogP contribution in [-0.4, -0.2) is 35.3 Å². The molecule has 18 heavy (non-hydrogen) atoms.